The van der Waals surface area contributed by atoms with Gasteiger partial charge in [-0.15, -0.1) is 0 Å². The Morgan fingerprint density at radius 3 is 2.83 bits per heavy atom. The summed E-state index contributed by atoms with van der Waals surface area (Å²) in [6.45, 7) is 6.79. The van der Waals surface area contributed by atoms with Crippen LogP contribution in [0.2, 0.25) is 0 Å². The molecule has 0 saturated carbocycles. The average molecular weight is 246 g/mol. The Morgan fingerprint density at radius 1 is 1.28 bits per heavy atom. The standard InChI is InChI=1S/C16H26N2/c1-3-5-14-6-4-10-18(11-9-14)15-7-8-16(17)13(2)12-15/h7-8,12,14H,3-6,9-11,17H2,1-2H3. The Bertz CT molecular complexity index is 387. The van der Waals surface area contributed by atoms with Gasteiger partial charge in [-0.1, -0.05) is 19.8 Å². The van der Waals surface area contributed by atoms with Crippen molar-refractivity contribution in [3.8, 4) is 0 Å². The van der Waals surface area contributed by atoms with Crippen molar-refractivity contribution in [1.82, 2.24) is 0 Å². The minimum absolute atomic E-state index is 0.900. The van der Waals surface area contributed by atoms with Crippen LogP contribution in [0.25, 0.3) is 0 Å². The summed E-state index contributed by atoms with van der Waals surface area (Å²) in [7, 11) is 0. The quantitative estimate of drug-likeness (QED) is 0.817. The number of anilines is 2. The maximum absolute atomic E-state index is 5.89. The van der Waals surface area contributed by atoms with Crippen molar-refractivity contribution < 1.29 is 0 Å². The fourth-order valence-electron chi connectivity index (χ4n) is 2.98. The number of hydrogen-bond acceptors (Lipinski definition) is 2. The molecule has 1 fully saturated rings. The molecule has 0 aromatic heterocycles. The first kappa shape index (κ1) is 13.3. The maximum atomic E-state index is 5.89. The van der Waals surface area contributed by atoms with Crippen molar-refractivity contribution in [2.45, 2.75) is 46.0 Å². The smallest absolute Gasteiger partial charge is 0.0370 e. The second-order valence-electron chi connectivity index (χ2n) is 5.61. The first-order valence-electron chi connectivity index (χ1n) is 7.31. The number of benzene rings is 1. The van der Waals surface area contributed by atoms with E-state index in [0.717, 1.165) is 11.6 Å². The average Bonchev–Trinajstić information content (AvgIpc) is 2.59. The molecule has 100 valence electrons. The monoisotopic (exact) mass is 246 g/mol. The topological polar surface area (TPSA) is 29.3 Å². The molecule has 0 aliphatic carbocycles. The van der Waals surface area contributed by atoms with E-state index < -0.39 is 0 Å². The molecule has 1 unspecified atom stereocenters. The van der Waals surface area contributed by atoms with Crippen molar-refractivity contribution in [2.75, 3.05) is 23.7 Å². The number of nitrogens with zero attached hydrogens (tertiary/aromatic N) is 1. The molecular formula is C16H26N2. The Morgan fingerprint density at radius 2 is 2.11 bits per heavy atom. The number of nitrogens with two attached hydrogens (primary N) is 1. The molecule has 1 atom stereocenters. The van der Waals surface area contributed by atoms with Gasteiger partial charge in [-0.25, -0.2) is 0 Å². The lowest BCUT2D eigenvalue weighted by Crippen LogP contribution is -2.24. The van der Waals surface area contributed by atoms with Crippen molar-refractivity contribution in [3.05, 3.63) is 23.8 Å². The predicted molar refractivity (Wildman–Crippen MR) is 80.1 cm³/mol. The molecule has 2 rings (SSSR count). The summed E-state index contributed by atoms with van der Waals surface area (Å²) in [6.07, 6.45) is 6.80. The van der Waals surface area contributed by atoms with Crippen LogP contribution in [-0.4, -0.2) is 13.1 Å². The van der Waals surface area contributed by atoms with Crippen LogP contribution in [0.3, 0.4) is 0 Å². The second kappa shape index (κ2) is 6.12. The zero-order chi connectivity index (χ0) is 13.0. The Kier molecular flexibility index (Phi) is 4.51. The van der Waals surface area contributed by atoms with Crippen LogP contribution in [0.5, 0.6) is 0 Å². The summed E-state index contributed by atoms with van der Waals surface area (Å²) < 4.78 is 0. The molecule has 18 heavy (non-hydrogen) atoms. The van der Waals surface area contributed by atoms with Gasteiger partial charge in [-0.2, -0.15) is 0 Å². The fraction of sp³-hybridized carbons (Fsp3) is 0.625. The second-order valence-corrected chi connectivity index (χ2v) is 5.61. The SMILES string of the molecule is CCCC1CCCN(c2ccc(N)c(C)c2)CC1. The van der Waals surface area contributed by atoms with Gasteiger partial charge in [0.1, 0.15) is 0 Å². The molecule has 0 spiro atoms. The third kappa shape index (κ3) is 3.18. The van der Waals surface area contributed by atoms with Crippen LogP contribution < -0.4 is 10.6 Å². The summed E-state index contributed by atoms with van der Waals surface area (Å²) in [5.74, 6) is 0.940. The minimum Gasteiger partial charge on any atom is -0.399 e. The zero-order valence-electron chi connectivity index (χ0n) is 11.8. The van der Waals surface area contributed by atoms with Gasteiger partial charge in [-0.05, 0) is 55.9 Å². The normalized spacial score (nSPS) is 20.8. The van der Waals surface area contributed by atoms with Crippen LogP contribution in [-0.2, 0) is 0 Å². The molecule has 2 heteroatoms. The summed E-state index contributed by atoms with van der Waals surface area (Å²) in [5, 5.41) is 0. The lowest BCUT2D eigenvalue weighted by Gasteiger charge is -2.23. The Balaban J connectivity index is 2.02. The molecule has 2 N–H and O–H groups in total. The largest absolute Gasteiger partial charge is 0.399 e. The number of rotatable bonds is 3. The van der Waals surface area contributed by atoms with E-state index in [1.165, 1.54) is 56.4 Å². The van der Waals surface area contributed by atoms with Gasteiger partial charge in [0, 0.05) is 24.5 Å². The first-order valence-corrected chi connectivity index (χ1v) is 7.31. The number of hydrogen-bond donors (Lipinski definition) is 1. The zero-order valence-corrected chi connectivity index (χ0v) is 11.8. The highest BCUT2D eigenvalue weighted by molar-refractivity contribution is 5.58. The number of nitrogen functional groups attached to an aromatic ring is 1. The van der Waals surface area contributed by atoms with Crippen LogP contribution in [0.15, 0.2) is 18.2 Å². The van der Waals surface area contributed by atoms with Crippen molar-refractivity contribution >= 4 is 11.4 Å². The third-order valence-corrected chi connectivity index (χ3v) is 4.16. The van der Waals surface area contributed by atoms with Crippen molar-refractivity contribution in [3.63, 3.8) is 0 Å². The van der Waals surface area contributed by atoms with E-state index in [-0.39, 0.29) is 0 Å². The molecule has 1 aromatic carbocycles. The molecule has 1 aromatic rings. The molecule has 0 bridgehead atoms. The van der Waals surface area contributed by atoms with E-state index >= 15 is 0 Å². The third-order valence-electron chi connectivity index (χ3n) is 4.16. The van der Waals surface area contributed by atoms with Gasteiger partial charge >= 0.3 is 0 Å². The molecule has 1 aliphatic rings. The van der Waals surface area contributed by atoms with E-state index in [4.69, 9.17) is 5.73 Å². The van der Waals surface area contributed by atoms with Crippen molar-refractivity contribution in [2.24, 2.45) is 5.92 Å². The Hall–Kier alpha value is -1.18. The molecule has 1 aliphatic heterocycles. The minimum atomic E-state index is 0.900. The van der Waals surface area contributed by atoms with Gasteiger partial charge in [0.15, 0.2) is 0 Å². The van der Waals surface area contributed by atoms with Gasteiger partial charge in [0.25, 0.3) is 0 Å². The molecule has 1 heterocycles. The lowest BCUT2D eigenvalue weighted by atomic mass is 9.96. The van der Waals surface area contributed by atoms with Gasteiger partial charge < -0.3 is 10.6 Å². The molecule has 2 nitrogen and oxygen atoms in total. The van der Waals surface area contributed by atoms with Crippen LogP contribution in [0.1, 0.15) is 44.6 Å². The fourth-order valence-corrected chi connectivity index (χ4v) is 2.98. The van der Waals surface area contributed by atoms with Gasteiger partial charge in [0.2, 0.25) is 0 Å². The van der Waals surface area contributed by atoms with E-state index in [1.54, 1.807) is 0 Å². The summed E-state index contributed by atoms with van der Waals surface area (Å²) in [6, 6.07) is 6.44. The van der Waals surface area contributed by atoms with Crippen molar-refractivity contribution in [1.29, 1.82) is 0 Å². The van der Waals surface area contributed by atoms with Crippen LogP contribution in [0, 0.1) is 12.8 Å². The van der Waals surface area contributed by atoms with Crippen LogP contribution in [0.4, 0.5) is 11.4 Å². The van der Waals surface area contributed by atoms with E-state index in [1.807, 2.05) is 6.07 Å². The van der Waals surface area contributed by atoms with Crippen LogP contribution >= 0.6 is 0 Å². The van der Waals surface area contributed by atoms with E-state index in [0.29, 0.717) is 0 Å². The maximum Gasteiger partial charge on any atom is 0.0370 e. The summed E-state index contributed by atoms with van der Waals surface area (Å²) >= 11 is 0. The molecular weight excluding hydrogens is 220 g/mol. The Labute approximate surface area is 111 Å². The first-order chi connectivity index (χ1) is 8.70. The number of aryl methyl sites for hydroxylation is 1. The summed E-state index contributed by atoms with van der Waals surface area (Å²) in [5.41, 5.74) is 9.33. The predicted octanol–water partition coefficient (Wildman–Crippen LogP) is 3.98. The van der Waals surface area contributed by atoms with E-state index in [9.17, 15) is 0 Å². The van der Waals surface area contributed by atoms with Gasteiger partial charge in [-0.3, -0.25) is 0 Å². The highest BCUT2D eigenvalue weighted by Gasteiger charge is 2.16. The lowest BCUT2D eigenvalue weighted by molar-refractivity contribution is 0.435. The highest BCUT2D eigenvalue weighted by Crippen LogP contribution is 2.27. The molecule has 1 saturated heterocycles. The highest BCUT2D eigenvalue weighted by atomic mass is 15.1. The summed E-state index contributed by atoms with van der Waals surface area (Å²) in [4.78, 5) is 2.53. The molecule has 0 amide bonds. The molecule has 0 radical (unpaired) electrons. The van der Waals surface area contributed by atoms with E-state index in [2.05, 4.69) is 30.9 Å². The van der Waals surface area contributed by atoms with Gasteiger partial charge in [0.05, 0.1) is 0 Å².